The van der Waals surface area contributed by atoms with E-state index < -0.39 is 0 Å². The maximum atomic E-state index is 6.08. The lowest BCUT2D eigenvalue weighted by molar-refractivity contribution is 0.0837. The quantitative estimate of drug-likeness (QED) is 0.777. The molecule has 3 aliphatic rings. The molecule has 1 saturated heterocycles. The lowest BCUT2D eigenvalue weighted by Gasteiger charge is -2.42. The summed E-state index contributed by atoms with van der Waals surface area (Å²) in [5.74, 6) is 1.07. The second-order valence-corrected chi connectivity index (χ2v) is 7.27. The third-order valence-electron chi connectivity index (χ3n) is 5.19. The highest BCUT2D eigenvalue weighted by atomic mass is 16.5. The number of ether oxygens (including phenoxy) is 1. The van der Waals surface area contributed by atoms with Crippen LogP contribution in [0.4, 0.5) is 0 Å². The number of piperazine rings is 1. The van der Waals surface area contributed by atoms with E-state index in [0.717, 1.165) is 31.3 Å². The Labute approximate surface area is 141 Å². The van der Waals surface area contributed by atoms with E-state index >= 15 is 0 Å². The van der Waals surface area contributed by atoms with Gasteiger partial charge in [0.2, 0.25) is 0 Å². The molecule has 1 heterocycles. The first-order valence-electron chi connectivity index (χ1n) is 9.47. The molecule has 0 amide bonds. The Hall–Kier alpha value is -1.22. The average molecular weight is 316 g/mol. The summed E-state index contributed by atoms with van der Waals surface area (Å²) in [7, 11) is 0. The minimum Gasteiger partial charge on any atom is -0.489 e. The molecule has 2 fully saturated rings. The van der Waals surface area contributed by atoms with E-state index in [4.69, 9.17) is 4.74 Å². The van der Waals surface area contributed by atoms with Gasteiger partial charge in [0, 0.05) is 32.2 Å². The molecule has 0 N–H and O–H groups in total. The van der Waals surface area contributed by atoms with Crippen LogP contribution < -0.4 is 0 Å². The summed E-state index contributed by atoms with van der Waals surface area (Å²) in [6, 6.07) is 0.843. The number of hydrogen-bond donors (Lipinski definition) is 0. The molecule has 1 saturated carbocycles. The molecule has 0 aromatic heterocycles. The van der Waals surface area contributed by atoms with E-state index in [2.05, 4.69) is 48.0 Å². The molecule has 23 heavy (non-hydrogen) atoms. The first-order chi connectivity index (χ1) is 11.2. The number of hydrogen-bond acceptors (Lipinski definition) is 3. The van der Waals surface area contributed by atoms with Gasteiger partial charge in [-0.3, -0.25) is 4.90 Å². The smallest absolute Gasteiger partial charge is 0.139 e. The maximum absolute atomic E-state index is 6.08. The standard InChI is InChI=1S/C20H32N2O/c1-17(2)23-20-12-8-4-7-11-19(20)22-15-13-21(14-16-22)18-9-5-3-6-10-18/h4,7,11-12,17-18H,3,5-6,8-10,13-16H2,1-2H3. The van der Waals surface area contributed by atoms with Crippen molar-refractivity contribution < 1.29 is 4.74 Å². The van der Waals surface area contributed by atoms with E-state index in [9.17, 15) is 0 Å². The highest BCUT2D eigenvalue weighted by molar-refractivity contribution is 5.32. The molecule has 0 atom stereocenters. The van der Waals surface area contributed by atoms with Gasteiger partial charge in [0.05, 0.1) is 11.8 Å². The first-order valence-corrected chi connectivity index (χ1v) is 9.47. The van der Waals surface area contributed by atoms with Crippen LogP contribution >= 0.6 is 0 Å². The van der Waals surface area contributed by atoms with Crippen molar-refractivity contribution in [1.82, 2.24) is 9.80 Å². The molecule has 0 aromatic carbocycles. The van der Waals surface area contributed by atoms with Crippen LogP contribution in [-0.4, -0.2) is 48.1 Å². The summed E-state index contributed by atoms with van der Waals surface area (Å²) in [5, 5.41) is 0. The fraction of sp³-hybridized carbons (Fsp3) is 0.700. The monoisotopic (exact) mass is 316 g/mol. The molecule has 0 radical (unpaired) electrons. The van der Waals surface area contributed by atoms with Gasteiger partial charge >= 0.3 is 0 Å². The topological polar surface area (TPSA) is 15.7 Å². The molecule has 1 aliphatic heterocycles. The third kappa shape index (κ3) is 4.41. The summed E-state index contributed by atoms with van der Waals surface area (Å²) in [6.07, 6.45) is 17.1. The Balaban J connectivity index is 1.61. The predicted octanol–water partition coefficient (Wildman–Crippen LogP) is 4.09. The number of nitrogens with zero attached hydrogens (tertiary/aromatic N) is 2. The summed E-state index contributed by atoms with van der Waals surface area (Å²) in [5.41, 5.74) is 1.27. The molecule has 3 rings (SSSR count). The molecular weight excluding hydrogens is 284 g/mol. The van der Waals surface area contributed by atoms with Gasteiger partial charge in [-0.15, -0.1) is 0 Å². The highest BCUT2D eigenvalue weighted by Gasteiger charge is 2.27. The highest BCUT2D eigenvalue weighted by Crippen LogP contribution is 2.27. The van der Waals surface area contributed by atoms with E-state index in [-0.39, 0.29) is 6.10 Å². The average Bonchev–Trinajstić information content (AvgIpc) is 2.81. The van der Waals surface area contributed by atoms with Crippen molar-refractivity contribution in [3.05, 3.63) is 35.8 Å². The lowest BCUT2D eigenvalue weighted by Crippen LogP contribution is -2.50. The number of rotatable bonds is 4. The van der Waals surface area contributed by atoms with Crippen LogP contribution in [0.5, 0.6) is 0 Å². The van der Waals surface area contributed by atoms with Gasteiger partial charge in [-0.05, 0) is 45.3 Å². The maximum Gasteiger partial charge on any atom is 0.139 e. The fourth-order valence-corrected chi connectivity index (χ4v) is 4.00. The Morgan fingerprint density at radius 2 is 1.78 bits per heavy atom. The van der Waals surface area contributed by atoms with Crippen molar-refractivity contribution >= 4 is 0 Å². The SMILES string of the molecule is CC(C)OC1=CCC=CC=C1N1CCN(C2CCCCC2)CC1. The second kappa shape index (κ2) is 8.05. The molecule has 3 nitrogen and oxygen atoms in total. The first kappa shape index (κ1) is 16.6. The van der Waals surface area contributed by atoms with Crippen LogP contribution in [0.15, 0.2) is 35.8 Å². The van der Waals surface area contributed by atoms with E-state index in [1.165, 1.54) is 50.9 Å². The van der Waals surface area contributed by atoms with Crippen LogP contribution in [0.25, 0.3) is 0 Å². The Morgan fingerprint density at radius 3 is 2.48 bits per heavy atom. The zero-order valence-electron chi connectivity index (χ0n) is 14.8. The third-order valence-corrected chi connectivity index (χ3v) is 5.19. The molecule has 0 aromatic rings. The van der Waals surface area contributed by atoms with Gasteiger partial charge in [-0.1, -0.05) is 31.4 Å². The van der Waals surface area contributed by atoms with Gasteiger partial charge in [0.1, 0.15) is 5.76 Å². The summed E-state index contributed by atoms with van der Waals surface area (Å²) in [6.45, 7) is 8.85. The van der Waals surface area contributed by atoms with E-state index in [0.29, 0.717) is 0 Å². The van der Waals surface area contributed by atoms with Gasteiger partial charge < -0.3 is 9.64 Å². The molecule has 0 bridgehead atoms. The van der Waals surface area contributed by atoms with Gasteiger partial charge in [0.15, 0.2) is 0 Å². The Kier molecular flexibility index (Phi) is 5.82. The minimum atomic E-state index is 0.228. The Morgan fingerprint density at radius 1 is 1.04 bits per heavy atom. The van der Waals surface area contributed by atoms with Crippen molar-refractivity contribution in [2.24, 2.45) is 0 Å². The van der Waals surface area contributed by atoms with Crippen molar-refractivity contribution in [2.45, 2.75) is 64.5 Å². The van der Waals surface area contributed by atoms with Crippen LogP contribution in [0.2, 0.25) is 0 Å². The van der Waals surface area contributed by atoms with Crippen LogP contribution in [0.3, 0.4) is 0 Å². The predicted molar refractivity (Wildman–Crippen MR) is 96.2 cm³/mol. The summed E-state index contributed by atoms with van der Waals surface area (Å²) in [4.78, 5) is 5.25. The fourth-order valence-electron chi connectivity index (χ4n) is 4.00. The summed E-state index contributed by atoms with van der Waals surface area (Å²) >= 11 is 0. The lowest BCUT2D eigenvalue weighted by atomic mass is 9.94. The zero-order valence-corrected chi connectivity index (χ0v) is 14.8. The van der Waals surface area contributed by atoms with Gasteiger partial charge in [-0.2, -0.15) is 0 Å². The minimum absolute atomic E-state index is 0.228. The van der Waals surface area contributed by atoms with Crippen LogP contribution in [0.1, 0.15) is 52.4 Å². The van der Waals surface area contributed by atoms with Crippen molar-refractivity contribution in [3.8, 4) is 0 Å². The second-order valence-electron chi connectivity index (χ2n) is 7.27. The summed E-state index contributed by atoms with van der Waals surface area (Å²) < 4.78 is 6.08. The van der Waals surface area contributed by atoms with Gasteiger partial charge in [0.25, 0.3) is 0 Å². The van der Waals surface area contributed by atoms with Crippen LogP contribution in [0, 0.1) is 0 Å². The Bertz CT molecular complexity index is 464. The van der Waals surface area contributed by atoms with Crippen molar-refractivity contribution in [1.29, 1.82) is 0 Å². The van der Waals surface area contributed by atoms with Crippen molar-refractivity contribution in [3.63, 3.8) is 0 Å². The molecule has 128 valence electrons. The molecular formula is C20H32N2O. The van der Waals surface area contributed by atoms with E-state index in [1.54, 1.807) is 0 Å². The molecule has 3 heteroatoms. The molecule has 0 unspecified atom stereocenters. The molecule has 2 aliphatic carbocycles. The van der Waals surface area contributed by atoms with Crippen LogP contribution in [-0.2, 0) is 4.74 Å². The normalized spacial score (nSPS) is 24.4. The van der Waals surface area contributed by atoms with E-state index in [1.807, 2.05) is 0 Å². The zero-order chi connectivity index (χ0) is 16.1. The van der Waals surface area contributed by atoms with Crippen molar-refractivity contribution in [2.75, 3.05) is 26.2 Å². The largest absolute Gasteiger partial charge is 0.489 e. The number of allylic oxidation sites excluding steroid dienone is 4. The molecule has 0 spiro atoms. The van der Waals surface area contributed by atoms with Gasteiger partial charge in [-0.25, -0.2) is 0 Å².